The number of methoxy groups -OCH3 is 1. The first-order valence-electron chi connectivity index (χ1n) is 6.16. The third-order valence-electron chi connectivity index (χ3n) is 2.78. The van der Waals surface area contributed by atoms with Gasteiger partial charge in [0, 0.05) is 17.5 Å². The minimum atomic E-state index is -0.400. The van der Waals surface area contributed by atoms with Crippen molar-refractivity contribution in [1.82, 2.24) is 0 Å². The molecule has 0 aliphatic carbocycles. The molecule has 2 rings (SSSR count). The molecule has 1 N–H and O–H groups in total. The molecule has 0 aromatic heterocycles. The fourth-order valence-electron chi connectivity index (χ4n) is 1.64. The van der Waals surface area contributed by atoms with Gasteiger partial charge in [0.2, 0.25) is 5.78 Å². The van der Waals surface area contributed by atoms with Gasteiger partial charge in [-0.05, 0) is 48.5 Å². The van der Waals surface area contributed by atoms with Crippen molar-refractivity contribution in [2.75, 3.05) is 12.4 Å². The van der Waals surface area contributed by atoms with Gasteiger partial charge in [-0.2, -0.15) is 0 Å². The molecule has 2 aromatic rings. The van der Waals surface area contributed by atoms with Crippen LogP contribution in [0.1, 0.15) is 10.4 Å². The van der Waals surface area contributed by atoms with Crippen molar-refractivity contribution >= 4 is 23.1 Å². The van der Waals surface area contributed by atoms with Crippen molar-refractivity contribution in [3.8, 4) is 5.75 Å². The second-order valence-electron chi connectivity index (χ2n) is 4.20. The standard InChI is InChI=1S/C16H13ClFNO2/c1-21-14-8-6-13(7-9-14)19-10-15(17)16(20)11-2-4-12(18)5-3-11/h2-10,19H,1H3/b15-10-. The third kappa shape index (κ3) is 4.07. The zero-order valence-electron chi connectivity index (χ0n) is 11.3. The van der Waals surface area contributed by atoms with Crippen LogP contribution in [-0.2, 0) is 0 Å². The molecule has 0 fully saturated rings. The monoisotopic (exact) mass is 305 g/mol. The van der Waals surface area contributed by atoms with Gasteiger partial charge in [0.05, 0.1) is 7.11 Å². The summed E-state index contributed by atoms with van der Waals surface area (Å²) in [6.07, 6.45) is 1.40. The van der Waals surface area contributed by atoms with E-state index in [4.69, 9.17) is 16.3 Å². The van der Waals surface area contributed by atoms with Crippen LogP contribution in [0.25, 0.3) is 0 Å². The number of hydrogen-bond donors (Lipinski definition) is 1. The van der Waals surface area contributed by atoms with Crippen LogP contribution < -0.4 is 10.1 Å². The Morgan fingerprint density at radius 2 is 1.76 bits per heavy atom. The Balaban J connectivity index is 2.05. The average molecular weight is 306 g/mol. The second-order valence-corrected chi connectivity index (χ2v) is 4.61. The molecule has 0 atom stereocenters. The average Bonchev–Trinajstić information content (AvgIpc) is 2.53. The van der Waals surface area contributed by atoms with Crippen LogP contribution in [0.15, 0.2) is 59.8 Å². The fraction of sp³-hybridized carbons (Fsp3) is 0.0625. The molecule has 2 aromatic carbocycles. The van der Waals surface area contributed by atoms with E-state index in [1.807, 2.05) is 0 Å². The molecule has 3 nitrogen and oxygen atoms in total. The van der Waals surface area contributed by atoms with E-state index in [9.17, 15) is 9.18 Å². The lowest BCUT2D eigenvalue weighted by Crippen LogP contribution is -2.01. The Labute approximate surface area is 127 Å². The molecule has 0 unspecified atom stereocenters. The predicted molar refractivity (Wildman–Crippen MR) is 81.3 cm³/mol. The van der Waals surface area contributed by atoms with E-state index in [2.05, 4.69) is 5.32 Å². The molecule has 0 saturated carbocycles. The highest BCUT2D eigenvalue weighted by Gasteiger charge is 2.09. The molecular weight excluding hydrogens is 293 g/mol. The van der Waals surface area contributed by atoms with E-state index < -0.39 is 5.82 Å². The van der Waals surface area contributed by atoms with Crippen molar-refractivity contribution in [3.63, 3.8) is 0 Å². The lowest BCUT2D eigenvalue weighted by atomic mass is 10.1. The highest BCUT2D eigenvalue weighted by Crippen LogP contribution is 2.17. The van der Waals surface area contributed by atoms with Gasteiger partial charge in [-0.25, -0.2) is 4.39 Å². The number of nitrogens with one attached hydrogen (secondary N) is 1. The van der Waals surface area contributed by atoms with Gasteiger partial charge >= 0.3 is 0 Å². The van der Waals surface area contributed by atoms with E-state index in [1.165, 1.54) is 30.5 Å². The molecule has 0 spiro atoms. The zero-order valence-corrected chi connectivity index (χ0v) is 12.0. The van der Waals surface area contributed by atoms with Crippen molar-refractivity contribution in [1.29, 1.82) is 0 Å². The molecule has 0 radical (unpaired) electrons. The van der Waals surface area contributed by atoms with Gasteiger partial charge in [0.15, 0.2) is 0 Å². The summed E-state index contributed by atoms with van der Waals surface area (Å²) in [5.41, 5.74) is 1.09. The fourth-order valence-corrected chi connectivity index (χ4v) is 1.80. The first-order chi connectivity index (χ1) is 10.1. The molecule has 108 valence electrons. The van der Waals surface area contributed by atoms with Crippen molar-refractivity contribution in [2.24, 2.45) is 0 Å². The summed E-state index contributed by atoms with van der Waals surface area (Å²) in [6.45, 7) is 0. The summed E-state index contributed by atoms with van der Waals surface area (Å²) in [4.78, 5) is 12.0. The van der Waals surface area contributed by atoms with Crippen LogP contribution in [0, 0.1) is 5.82 Å². The van der Waals surface area contributed by atoms with Crippen LogP contribution in [0.4, 0.5) is 10.1 Å². The van der Waals surface area contributed by atoms with E-state index in [1.54, 1.807) is 31.4 Å². The number of allylic oxidation sites excluding steroid dienone is 1. The molecular formula is C16H13ClFNO2. The molecule has 0 aliphatic heterocycles. The Morgan fingerprint density at radius 3 is 2.33 bits per heavy atom. The Bertz CT molecular complexity index is 651. The number of hydrogen-bond acceptors (Lipinski definition) is 3. The van der Waals surface area contributed by atoms with Crippen LogP contribution >= 0.6 is 11.6 Å². The highest BCUT2D eigenvalue weighted by molar-refractivity contribution is 6.45. The number of carbonyl (C=O) groups is 1. The molecule has 0 aliphatic rings. The lowest BCUT2D eigenvalue weighted by Gasteiger charge is -2.04. The van der Waals surface area contributed by atoms with Gasteiger partial charge in [0.25, 0.3) is 0 Å². The van der Waals surface area contributed by atoms with Gasteiger partial charge in [-0.3, -0.25) is 4.79 Å². The van der Waals surface area contributed by atoms with E-state index in [0.29, 0.717) is 5.56 Å². The number of halogens is 2. The molecule has 5 heteroatoms. The summed E-state index contributed by atoms with van der Waals surface area (Å²) in [6, 6.07) is 12.4. The number of anilines is 1. The van der Waals surface area contributed by atoms with Gasteiger partial charge < -0.3 is 10.1 Å². The molecule has 0 saturated heterocycles. The highest BCUT2D eigenvalue weighted by atomic mass is 35.5. The number of carbonyl (C=O) groups excluding carboxylic acids is 1. The second kappa shape index (κ2) is 6.90. The predicted octanol–water partition coefficient (Wildman–Crippen LogP) is 4.21. The first kappa shape index (κ1) is 15.1. The summed E-state index contributed by atoms with van der Waals surface area (Å²) in [5.74, 6) is -0.0429. The molecule has 0 heterocycles. The quantitative estimate of drug-likeness (QED) is 0.664. The number of Topliss-reactive ketones (excluding diaryl/α,β-unsaturated/α-hetero) is 1. The largest absolute Gasteiger partial charge is 0.497 e. The van der Waals surface area contributed by atoms with Crippen LogP contribution in [0.3, 0.4) is 0 Å². The number of rotatable bonds is 5. The SMILES string of the molecule is COc1ccc(N/C=C(\Cl)C(=O)c2ccc(F)cc2)cc1. The smallest absolute Gasteiger partial charge is 0.205 e. The van der Waals surface area contributed by atoms with Gasteiger partial charge in [-0.1, -0.05) is 11.6 Å². The van der Waals surface area contributed by atoms with Crippen molar-refractivity contribution < 1.29 is 13.9 Å². The van der Waals surface area contributed by atoms with E-state index in [-0.39, 0.29) is 10.8 Å². The molecule has 21 heavy (non-hydrogen) atoms. The Kier molecular flexibility index (Phi) is 4.95. The Morgan fingerprint density at radius 1 is 1.14 bits per heavy atom. The number of ether oxygens (including phenoxy) is 1. The summed E-state index contributed by atoms with van der Waals surface area (Å²) < 4.78 is 17.8. The lowest BCUT2D eigenvalue weighted by molar-refractivity contribution is 0.104. The number of ketones is 1. The molecule has 0 bridgehead atoms. The van der Waals surface area contributed by atoms with Crippen LogP contribution in [0.2, 0.25) is 0 Å². The number of benzene rings is 2. The minimum Gasteiger partial charge on any atom is -0.497 e. The van der Waals surface area contributed by atoms with Crippen LogP contribution in [-0.4, -0.2) is 12.9 Å². The van der Waals surface area contributed by atoms with Crippen LogP contribution in [0.5, 0.6) is 5.75 Å². The maximum Gasteiger partial charge on any atom is 0.205 e. The normalized spacial score (nSPS) is 11.1. The first-order valence-corrected chi connectivity index (χ1v) is 6.54. The van der Waals surface area contributed by atoms with Crippen molar-refractivity contribution in [2.45, 2.75) is 0 Å². The third-order valence-corrected chi connectivity index (χ3v) is 3.06. The maximum absolute atomic E-state index is 12.8. The summed E-state index contributed by atoms with van der Waals surface area (Å²) >= 11 is 5.94. The van der Waals surface area contributed by atoms with Gasteiger partial charge in [0.1, 0.15) is 16.6 Å². The summed E-state index contributed by atoms with van der Waals surface area (Å²) in [5, 5.41) is 2.92. The topological polar surface area (TPSA) is 38.3 Å². The zero-order chi connectivity index (χ0) is 15.2. The minimum absolute atomic E-state index is 0.0115. The summed E-state index contributed by atoms with van der Waals surface area (Å²) in [7, 11) is 1.58. The molecule has 0 amide bonds. The van der Waals surface area contributed by atoms with E-state index >= 15 is 0 Å². The van der Waals surface area contributed by atoms with Crippen molar-refractivity contribution in [3.05, 3.63) is 71.1 Å². The Hall–Kier alpha value is -2.33. The van der Waals surface area contributed by atoms with E-state index in [0.717, 1.165) is 11.4 Å². The van der Waals surface area contributed by atoms with Gasteiger partial charge in [-0.15, -0.1) is 0 Å². The maximum atomic E-state index is 12.8.